The normalized spacial score (nSPS) is 18.2. The zero-order valence-corrected chi connectivity index (χ0v) is 29.7. The summed E-state index contributed by atoms with van der Waals surface area (Å²) in [5.41, 5.74) is 7.65. The summed E-state index contributed by atoms with van der Waals surface area (Å²) < 4.78 is 6.69. The number of rotatable bonds is 9. The summed E-state index contributed by atoms with van der Waals surface area (Å²) in [6.07, 6.45) is 6.33. The van der Waals surface area contributed by atoms with Gasteiger partial charge >= 0.3 is 5.69 Å². The maximum Gasteiger partial charge on any atom is 0.326 e. The average molecular weight is 724 g/mol. The van der Waals surface area contributed by atoms with Crippen molar-refractivity contribution >= 4 is 29.0 Å². The number of H-pyrrole nitrogens is 2. The fraction of sp³-hybridized carbons (Fsp3) is 0.421. The minimum atomic E-state index is -0.823. The number of carbonyl (C=O) groups is 1. The molecule has 2 aromatic carbocycles. The largest absolute Gasteiger partial charge is 0.482 e. The highest BCUT2D eigenvalue weighted by atomic mass is 35.5. The Bertz CT molecular complexity index is 2040. The van der Waals surface area contributed by atoms with Gasteiger partial charge in [0.2, 0.25) is 0 Å². The topological polar surface area (TPSA) is 177 Å². The predicted octanol–water partition coefficient (Wildman–Crippen LogP) is 4.42. The van der Waals surface area contributed by atoms with Crippen LogP contribution in [0.1, 0.15) is 66.6 Å². The second kappa shape index (κ2) is 15.2. The van der Waals surface area contributed by atoms with Crippen LogP contribution in [0.15, 0.2) is 64.2 Å². The molecule has 3 fully saturated rings. The molecule has 0 bridgehead atoms. The summed E-state index contributed by atoms with van der Waals surface area (Å²) in [7, 11) is 0. The van der Waals surface area contributed by atoms with Crippen molar-refractivity contribution in [2.24, 2.45) is 11.7 Å². The number of carbonyl (C=O) groups excluding carboxylic acids is 1. The van der Waals surface area contributed by atoms with E-state index < -0.39 is 22.8 Å². The minimum absolute atomic E-state index is 0.125. The molecule has 13 nitrogen and oxygen atoms in total. The maximum absolute atomic E-state index is 12.7. The summed E-state index contributed by atoms with van der Waals surface area (Å²) in [5.74, 6) is 1.17. The van der Waals surface area contributed by atoms with Crippen molar-refractivity contribution in [2.45, 2.75) is 50.5 Å². The molecule has 2 saturated heterocycles. The summed E-state index contributed by atoms with van der Waals surface area (Å²) in [6.45, 7) is 6.49. The fourth-order valence-electron chi connectivity index (χ4n) is 7.86. The molecule has 7 rings (SSSR count). The van der Waals surface area contributed by atoms with E-state index in [0.29, 0.717) is 46.4 Å². The number of aromatic nitrogens is 4. The molecular formula is C38H42ClN9O4. The monoisotopic (exact) mass is 723 g/mol. The van der Waals surface area contributed by atoms with Gasteiger partial charge in [-0.2, -0.15) is 5.26 Å². The van der Waals surface area contributed by atoms with E-state index in [4.69, 9.17) is 22.1 Å². The highest BCUT2D eigenvalue weighted by molar-refractivity contribution is 6.31. The van der Waals surface area contributed by atoms with Crippen LogP contribution < -0.4 is 31.5 Å². The number of hydrogen-bond acceptors (Lipinski definition) is 10. The van der Waals surface area contributed by atoms with E-state index in [1.807, 2.05) is 30.3 Å². The van der Waals surface area contributed by atoms with Gasteiger partial charge in [-0.15, -0.1) is 10.2 Å². The lowest BCUT2D eigenvalue weighted by atomic mass is 9.78. The molecule has 4 aromatic rings. The maximum atomic E-state index is 12.7. The molecule has 0 unspecified atom stereocenters. The first-order valence-corrected chi connectivity index (χ1v) is 18.3. The number of piperazine rings is 1. The third-order valence-corrected chi connectivity index (χ3v) is 11.0. The number of nitriles is 1. The van der Waals surface area contributed by atoms with E-state index in [1.54, 1.807) is 18.2 Å². The molecule has 0 atom stereocenters. The molecule has 0 spiro atoms. The molecule has 14 heteroatoms. The highest BCUT2D eigenvalue weighted by Gasteiger charge is 2.41. The number of nitrogens with zero attached hydrogens (tertiary/aromatic N) is 6. The summed E-state index contributed by atoms with van der Waals surface area (Å²) in [6, 6.07) is 18.4. The quantitative estimate of drug-likeness (QED) is 0.224. The van der Waals surface area contributed by atoms with E-state index in [1.165, 1.54) is 6.07 Å². The van der Waals surface area contributed by atoms with Crippen molar-refractivity contribution in [3.8, 4) is 23.1 Å². The van der Waals surface area contributed by atoms with Gasteiger partial charge in [0, 0.05) is 69.2 Å². The lowest BCUT2D eigenvalue weighted by molar-refractivity contribution is 0.0249. The Kier molecular flexibility index (Phi) is 10.3. The van der Waals surface area contributed by atoms with Crippen molar-refractivity contribution in [2.75, 3.05) is 55.6 Å². The zero-order valence-electron chi connectivity index (χ0n) is 28.9. The van der Waals surface area contributed by atoms with Gasteiger partial charge < -0.3 is 25.3 Å². The van der Waals surface area contributed by atoms with Gasteiger partial charge in [-0.05, 0) is 80.3 Å². The highest BCUT2D eigenvalue weighted by Crippen LogP contribution is 2.43. The first-order valence-electron chi connectivity index (χ1n) is 17.9. The van der Waals surface area contributed by atoms with Gasteiger partial charge in [-0.1, -0.05) is 30.2 Å². The Labute approximate surface area is 306 Å². The Morgan fingerprint density at radius 2 is 1.65 bits per heavy atom. The summed E-state index contributed by atoms with van der Waals surface area (Å²) in [4.78, 5) is 48.1. The Balaban J connectivity index is 0.973. The minimum Gasteiger partial charge on any atom is -0.482 e. The number of aromatic amines is 2. The Morgan fingerprint density at radius 3 is 2.31 bits per heavy atom. The van der Waals surface area contributed by atoms with Crippen molar-refractivity contribution in [1.82, 2.24) is 25.1 Å². The average Bonchev–Trinajstić information content (AvgIpc) is 3.15. The Morgan fingerprint density at radius 1 is 0.923 bits per heavy atom. The SMILES string of the molecule is N#Cc1ccc(OC2(c3cc(N4CCC(CN5CCN(c6ccc(-c7cc(=O)[nH]c(=O)[nH]7)cc6)CC5)CC4)nnc3C(N)=O)CCCCC2)cc1Cl. The van der Waals surface area contributed by atoms with Gasteiger partial charge in [-0.25, -0.2) is 4.79 Å². The standard InChI is InChI=1S/C38H42ClN9O4/c39-31-20-29(9-6-27(31)23-40)52-38(12-2-1-3-13-38)30-21-33(44-45-35(30)36(41)50)48-14-10-25(11-15-48)24-46-16-18-47(19-17-46)28-7-4-26(5-8-28)32-22-34(49)43-37(51)42-32/h4-9,20-22,25H,1-3,10-19,24H2,(H2,41,50)(H2,42,43,49,51). The summed E-state index contributed by atoms with van der Waals surface area (Å²) in [5, 5.41) is 18.5. The van der Waals surface area contributed by atoms with Crippen LogP contribution in [0.4, 0.5) is 11.5 Å². The number of anilines is 2. The lowest BCUT2D eigenvalue weighted by Gasteiger charge is -2.40. The zero-order chi connectivity index (χ0) is 36.2. The van der Waals surface area contributed by atoms with Gasteiger partial charge in [0.25, 0.3) is 11.5 Å². The third kappa shape index (κ3) is 7.68. The van der Waals surface area contributed by atoms with Crippen molar-refractivity contribution < 1.29 is 9.53 Å². The molecule has 52 heavy (non-hydrogen) atoms. The molecular weight excluding hydrogens is 682 g/mol. The number of primary amides is 1. The number of halogens is 1. The Hall–Kier alpha value is -5.19. The first kappa shape index (κ1) is 35.2. The van der Waals surface area contributed by atoms with Crippen molar-refractivity contribution in [3.05, 3.63) is 97.3 Å². The van der Waals surface area contributed by atoms with Gasteiger partial charge in [-0.3, -0.25) is 19.5 Å². The van der Waals surface area contributed by atoms with Crippen LogP contribution in [-0.4, -0.2) is 76.8 Å². The van der Waals surface area contributed by atoms with Gasteiger partial charge in [0.05, 0.1) is 16.3 Å². The molecule has 1 aliphatic carbocycles. The number of nitrogens with one attached hydrogen (secondary N) is 2. The molecule has 4 heterocycles. The van der Waals surface area contributed by atoms with Crippen molar-refractivity contribution in [3.63, 3.8) is 0 Å². The first-order chi connectivity index (χ1) is 25.2. The van der Waals surface area contributed by atoms with Crippen LogP contribution in [0.5, 0.6) is 5.75 Å². The van der Waals surface area contributed by atoms with E-state index in [9.17, 15) is 19.6 Å². The molecule has 2 aliphatic heterocycles. The van der Waals surface area contributed by atoms with E-state index >= 15 is 0 Å². The number of piperidine rings is 1. The molecule has 1 amide bonds. The molecule has 3 aliphatic rings. The fourth-order valence-corrected chi connectivity index (χ4v) is 8.08. The number of amides is 1. The predicted molar refractivity (Wildman–Crippen MR) is 199 cm³/mol. The second-order valence-electron chi connectivity index (χ2n) is 14.0. The number of hydrogen-bond donors (Lipinski definition) is 3. The van der Waals surface area contributed by atoms with Crippen LogP contribution in [0.25, 0.3) is 11.3 Å². The van der Waals surface area contributed by atoms with Gasteiger partial charge in [0.1, 0.15) is 17.4 Å². The molecule has 4 N–H and O–H groups in total. The van der Waals surface area contributed by atoms with Crippen LogP contribution in [0.3, 0.4) is 0 Å². The molecule has 270 valence electrons. The van der Waals surface area contributed by atoms with E-state index in [0.717, 1.165) is 95.0 Å². The van der Waals surface area contributed by atoms with Crippen LogP contribution in [0, 0.1) is 17.2 Å². The van der Waals surface area contributed by atoms with Crippen molar-refractivity contribution in [1.29, 1.82) is 5.26 Å². The molecule has 0 radical (unpaired) electrons. The number of benzene rings is 2. The molecule has 2 aromatic heterocycles. The molecule has 1 saturated carbocycles. The third-order valence-electron chi connectivity index (χ3n) is 10.7. The van der Waals surface area contributed by atoms with Crippen LogP contribution in [0.2, 0.25) is 5.02 Å². The summed E-state index contributed by atoms with van der Waals surface area (Å²) >= 11 is 6.35. The second-order valence-corrected chi connectivity index (χ2v) is 14.4. The van der Waals surface area contributed by atoms with E-state index in [-0.39, 0.29) is 5.69 Å². The van der Waals surface area contributed by atoms with Crippen LogP contribution in [-0.2, 0) is 5.60 Å². The number of ether oxygens (including phenoxy) is 1. The number of nitrogens with two attached hydrogens (primary N) is 1. The van der Waals surface area contributed by atoms with E-state index in [2.05, 4.69) is 40.9 Å². The van der Waals surface area contributed by atoms with Gasteiger partial charge in [0.15, 0.2) is 11.5 Å². The smallest absolute Gasteiger partial charge is 0.326 e. The van der Waals surface area contributed by atoms with Crippen LogP contribution >= 0.6 is 11.6 Å². The lowest BCUT2D eigenvalue weighted by Crippen LogP contribution is -2.49.